The van der Waals surface area contributed by atoms with Crippen molar-refractivity contribution in [2.45, 2.75) is 64.4 Å². The number of benzene rings is 3. The van der Waals surface area contributed by atoms with Gasteiger partial charge in [-0.3, -0.25) is 13.9 Å². The van der Waals surface area contributed by atoms with Gasteiger partial charge in [0.15, 0.2) is 0 Å². The number of carbonyl (C=O) groups is 2. The summed E-state index contributed by atoms with van der Waals surface area (Å²) in [6.07, 6.45) is 1.69. The van der Waals surface area contributed by atoms with Gasteiger partial charge in [-0.25, -0.2) is 8.42 Å². The molecule has 0 fully saturated rings. The molecule has 0 spiro atoms. The minimum Gasteiger partial charge on any atom is -0.497 e. The summed E-state index contributed by atoms with van der Waals surface area (Å²) in [5, 5.41) is 2.90. The summed E-state index contributed by atoms with van der Waals surface area (Å²) in [4.78, 5) is 29.0. The van der Waals surface area contributed by atoms with Crippen molar-refractivity contribution in [3.63, 3.8) is 0 Å². The fraction of sp³-hybridized carbons (Fsp3) is 0.375. The minimum atomic E-state index is -4.12. The predicted molar refractivity (Wildman–Crippen MR) is 162 cm³/mol. The lowest BCUT2D eigenvalue weighted by atomic mass is 10.1. The normalized spacial score (nSPS) is 11.9. The Kier molecular flexibility index (Phi) is 11.3. The third-order valence-electron chi connectivity index (χ3n) is 6.95. The molecule has 0 aliphatic rings. The highest BCUT2D eigenvalue weighted by molar-refractivity contribution is 7.92. The SMILES string of the molecule is CCCNC(=O)[C@@H](CC)N(Cc1cccc(OC)c1)C(=O)CN(c1ccccc1CC)S(=O)(=O)c1ccc(C)cc1. The van der Waals surface area contributed by atoms with Gasteiger partial charge >= 0.3 is 0 Å². The fourth-order valence-corrected chi connectivity index (χ4v) is 6.11. The van der Waals surface area contributed by atoms with Crippen molar-refractivity contribution >= 4 is 27.5 Å². The monoisotopic (exact) mass is 579 g/mol. The van der Waals surface area contributed by atoms with Crippen LogP contribution in [0.1, 0.15) is 50.3 Å². The number of carbonyl (C=O) groups excluding carboxylic acids is 2. The second kappa shape index (κ2) is 14.7. The Morgan fingerprint density at radius 3 is 2.29 bits per heavy atom. The van der Waals surface area contributed by atoms with Crippen molar-refractivity contribution in [3.05, 3.63) is 89.5 Å². The third kappa shape index (κ3) is 7.88. The number of aryl methyl sites for hydroxylation is 2. The number of hydrogen-bond acceptors (Lipinski definition) is 5. The average Bonchev–Trinajstić information content (AvgIpc) is 2.98. The van der Waals surface area contributed by atoms with Gasteiger partial charge in [-0.2, -0.15) is 0 Å². The van der Waals surface area contributed by atoms with E-state index in [1.54, 1.807) is 49.6 Å². The van der Waals surface area contributed by atoms with Gasteiger partial charge in [0.2, 0.25) is 11.8 Å². The Morgan fingerprint density at radius 1 is 0.951 bits per heavy atom. The van der Waals surface area contributed by atoms with Crippen LogP contribution in [0, 0.1) is 6.92 Å². The van der Waals surface area contributed by atoms with E-state index in [0.29, 0.717) is 30.8 Å². The topological polar surface area (TPSA) is 96.0 Å². The standard InChI is InChI=1S/C32H41N3O5S/c1-6-20-33-32(37)29(8-3)34(22-25-12-11-14-27(21-25)40-5)31(36)23-35(30-15-10-9-13-26(30)7-2)41(38,39)28-18-16-24(4)17-19-28/h9-19,21,29H,6-8,20,22-23H2,1-5H3,(H,33,37)/t29-/m1/s1. The van der Waals surface area contributed by atoms with Crippen molar-refractivity contribution in [2.24, 2.45) is 0 Å². The van der Waals surface area contributed by atoms with Crippen LogP contribution in [0.5, 0.6) is 5.75 Å². The van der Waals surface area contributed by atoms with Crippen LogP contribution in [-0.4, -0.2) is 51.4 Å². The number of rotatable bonds is 14. The molecule has 0 bridgehead atoms. The van der Waals surface area contributed by atoms with Crippen LogP contribution in [0.15, 0.2) is 77.7 Å². The molecule has 0 aliphatic carbocycles. The first-order chi connectivity index (χ1) is 19.7. The Morgan fingerprint density at radius 2 is 1.66 bits per heavy atom. The molecule has 0 radical (unpaired) electrons. The van der Waals surface area contributed by atoms with Gasteiger partial charge in [0, 0.05) is 13.1 Å². The molecule has 1 atom stereocenters. The number of methoxy groups -OCH3 is 1. The lowest BCUT2D eigenvalue weighted by Crippen LogP contribution is -2.52. The molecule has 8 nitrogen and oxygen atoms in total. The molecule has 0 aromatic heterocycles. The first-order valence-electron chi connectivity index (χ1n) is 14.0. The van der Waals surface area contributed by atoms with Crippen LogP contribution in [0.3, 0.4) is 0 Å². The zero-order valence-electron chi connectivity index (χ0n) is 24.6. The number of nitrogens with one attached hydrogen (secondary N) is 1. The van der Waals surface area contributed by atoms with Crippen LogP contribution >= 0.6 is 0 Å². The smallest absolute Gasteiger partial charge is 0.264 e. The third-order valence-corrected chi connectivity index (χ3v) is 8.73. The summed E-state index contributed by atoms with van der Waals surface area (Å²) in [5.41, 5.74) is 2.92. The van der Waals surface area contributed by atoms with E-state index in [0.717, 1.165) is 23.1 Å². The van der Waals surface area contributed by atoms with E-state index in [1.165, 1.54) is 9.21 Å². The molecule has 220 valence electrons. The number of para-hydroxylation sites is 1. The summed E-state index contributed by atoms with van der Waals surface area (Å²) < 4.78 is 34.7. The number of nitrogens with zero attached hydrogens (tertiary/aromatic N) is 2. The van der Waals surface area contributed by atoms with Crippen molar-refractivity contribution in [3.8, 4) is 5.75 Å². The van der Waals surface area contributed by atoms with E-state index in [2.05, 4.69) is 5.32 Å². The second-order valence-electron chi connectivity index (χ2n) is 9.90. The van der Waals surface area contributed by atoms with Crippen LogP contribution in [-0.2, 0) is 32.6 Å². The highest BCUT2D eigenvalue weighted by Gasteiger charge is 2.34. The van der Waals surface area contributed by atoms with Crippen molar-refractivity contribution in [2.75, 3.05) is 24.5 Å². The Bertz CT molecular complexity index is 1420. The quantitative estimate of drug-likeness (QED) is 0.287. The molecule has 1 N–H and O–H groups in total. The molecular formula is C32H41N3O5S. The van der Waals surface area contributed by atoms with Gasteiger partial charge in [0.25, 0.3) is 10.0 Å². The lowest BCUT2D eigenvalue weighted by molar-refractivity contribution is -0.140. The van der Waals surface area contributed by atoms with Crippen molar-refractivity contribution in [1.82, 2.24) is 10.2 Å². The maximum absolute atomic E-state index is 14.2. The van der Waals surface area contributed by atoms with Gasteiger partial charge in [-0.15, -0.1) is 0 Å². The average molecular weight is 580 g/mol. The summed E-state index contributed by atoms with van der Waals surface area (Å²) >= 11 is 0. The van der Waals surface area contributed by atoms with E-state index in [-0.39, 0.29) is 17.3 Å². The van der Waals surface area contributed by atoms with Crippen molar-refractivity contribution < 1.29 is 22.7 Å². The molecule has 0 saturated carbocycles. The summed E-state index contributed by atoms with van der Waals surface area (Å²) in [7, 11) is -2.55. The molecule has 0 saturated heterocycles. The van der Waals surface area contributed by atoms with Gasteiger partial charge in [-0.05, 0) is 67.6 Å². The molecule has 3 aromatic carbocycles. The van der Waals surface area contributed by atoms with Gasteiger partial charge in [0.1, 0.15) is 18.3 Å². The van der Waals surface area contributed by atoms with Gasteiger partial charge in [0.05, 0.1) is 17.7 Å². The fourth-order valence-electron chi connectivity index (χ4n) is 4.66. The molecule has 2 amide bonds. The number of anilines is 1. The summed E-state index contributed by atoms with van der Waals surface area (Å²) in [6, 6.07) is 20.3. The molecule has 0 unspecified atom stereocenters. The Balaban J connectivity index is 2.09. The largest absolute Gasteiger partial charge is 0.497 e. The van der Waals surface area contributed by atoms with Crippen LogP contribution in [0.4, 0.5) is 5.69 Å². The molecule has 41 heavy (non-hydrogen) atoms. The molecule has 3 aromatic rings. The Labute approximate surface area is 244 Å². The van der Waals surface area contributed by atoms with Crippen LogP contribution in [0.25, 0.3) is 0 Å². The summed E-state index contributed by atoms with van der Waals surface area (Å²) in [5.74, 6) is -0.126. The van der Waals surface area contributed by atoms with E-state index >= 15 is 0 Å². The van der Waals surface area contributed by atoms with E-state index < -0.39 is 28.5 Å². The Hall–Kier alpha value is -3.85. The van der Waals surface area contributed by atoms with Crippen LogP contribution < -0.4 is 14.4 Å². The molecule has 0 aliphatic heterocycles. The van der Waals surface area contributed by atoms with E-state index in [1.807, 2.05) is 58.0 Å². The first kappa shape index (κ1) is 31.7. The molecule has 9 heteroatoms. The summed E-state index contributed by atoms with van der Waals surface area (Å²) in [6.45, 7) is 7.76. The maximum atomic E-state index is 14.2. The molecular weight excluding hydrogens is 538 g/mol. The van der Waals surface area contributed by atoms with E-state index in [4.69, 9.17) is 4.74 Å². The van der Waals surface area contributed by atoms with Gasteiger partial charge < -0.3 is 15.0 Å². The number of ether oxygens (including phenoxy) is 1. The highest BCUT2D eigenvalue weighted by atomic mass is 32.2. The first-order valence-corrected chi connectivity index (χ1v) is 15.5. The molecule has 3 rings (SSSR count). The zero-order valence-corrected chi connectivity index (χ0v) is 25.4. The minimum absolute atomic E-state index is 0.0916. The van der Waals surface area contributed by atoms with Gasteiger partial charge in [-0.1, -0.05) is 68.8 Å². The predicted octanol–water partition coefficient (Wildman–Crippen LogP) is 5.09. The van der Waals surface area contributed by atoms with Crippen molar-refractivity contribution in [1.29, 1.82) is 0 Å². The zero-order chi connectivity index (χ0) is 30.0. The number of sulfonamides is 1. The van der Waals surface area contributed by atoms with E-state index in [9.17, 15) is 18.0 Å². The second-order valence-corrected chi connectivity index (χ2v) is 11.8. The lowest BCUT2D eigenvalue weighted by Gasteiger charge is -2.33. The highest BCUT2D eigenvalue weighted by Crippen LogP contribution is 2.28. The van der Waals surface area contributed by atoms with Crippen LogP contribution in [0.2, 0.25) is 0 Å². The molecule has 0 heterocycles. The number of amides is 2. The number of hydrogen-bond donors (Lipinski definition) is 1. The maximum Gasteiger partial charge on any atom is 0.264 e.